The van der Waals surface area contributed by atoms with Gasteiger partial charge >= 0.3 is 6.18 Å². The summed E-state index contributed by atoms with van der Waals surface area (Å²) in [4.78, 5) is 48.0. The average Bonchev–Trinajstić information content (AvgIpc) is 3.09. The highest BCUT2D eigenvalue weighted by atomic mass is 32.2. The lowest BCUT2D eigenvalue weighted by Crippen LogP contribution is -2.55. The molecule has 1 aliphatic heterocycles. The van der Waals surface area contributed by atoms with Crippen molar-refractivity contribution in [3.8, 4) is 5.69 Å². The zero-order chi connectivity index (χ0) is 35.0. The second-order valence-corrected chi connectivity index (χ2v) is 13.7. The first kappa shape index (κ1) is 36.2. The third-order valence-electron chi connectivity index (χ3n) is 8.95. The summed E-state index contributed by atoms with van der Waals surface area (Å²) < 4.78 is 41.6. The van der Waals surface area contributed by atoms with Gasteiger partial charge < -0.3 is 9.80 Å². The first-order valence-electron chi connectivity index (χ1n) is 17.1. The van der Waals surface area contributed by atoms with Gasteiger partial charge in [-0.15, -0.1) is 0 Å². The fraction of sp³-hybridized carbons (Fsp3) is 0.421. The van der Waals surface area contributed by atoms with Gasteiger partial charge in [-0.3, -0.25) is 19.0 Å². The molecule has 260 valence electrons. The summed E-state index contributed by atoms with van der Waals surface area (Å²) in [6, 6.07) is 19.3. The number of halogens is 3. The Kier molecular flexibility index (Phi) is 12.2. The predicted octanol–water partition coefficient (Wildman–Crippen LogP) is 8.16. The highest BCUT2D eigenvalue weighted by molar-refractivity contribution is 7.99. The molecule has 0 spiro atoms. The van der Waals surface area contributed by atoms with Crippen molar-refractivity contribution in [2.24, 2.45) is 0 Å². The second kappa shape index (κ2) is 16.5. The first-order chi connectivity index (χ1) is 23.6. The van der Waals surface area contributed by atoms with Gasteiger partial charge in [0, 0.05) is 43.4 Å². The average molecular weight is 693 g/mol. The van der Waals surface area contributed by atoms with Crippen molar-refractivity contribution >= 4 is 34.5 Å². The number of amides is 2. The number of nitrogens with zero attached hydrogens (tertiary/aromatic N) is 4. The van der Waals surface area contributed by atoms with Gasteiger partial charge in [0.1, 0.15) is 0 Å². The molecule has 11 heteroatoms. The summed E-state index contributed by atoms with van der Waals surface area (Å²) in [6.07, 6.45) is 2.58. The predicted molar refractivity (Wildman–Crippen MR) is 188 cm³/mol. The van der Waals surface area contributed by atoms with E-state index in [-0.39, 0.29) is 23.5 Å². The third kappa shape index (κ3) is 9.12. The van der Waals surface area contributed by atoms with Crippen LogP contribution in [0.5, 0.6) is 0 Å². The molecule has 2 heterocycles. The van der Waals surface area contributed by atoms with Crippen LogP contribution < -0.4 is 5.56 Å². The summed E-state index contributed by atoms with van der Waals surface area (Å²) in [5.74, 6) is 0.643. The molecule has 0 bridgehead atoms. The molecule has 3 aromatic carbocycles. The highest BCUT2D eigenvalue weighted by Crippen LogP contribution is 2.31. The molecule has 49 heavy (non-hydrogen) atoms. The van der Waals surface area contributed by atoms with Crippen LogP contribution in [0.2, 0.25) is 0 Å². The van der Waals surface area contributed by atoms with Crippen molar-refractivity contribution in [2.45, 2.75) is 82.6 Å². The number of hydrogen-bond donors (Lipinski definition) is 0. The molecule has 1 unspecified atom stereocenters. The quantitative estimate of drug-likeness (QED) is 0.0803. The number of para-hydroxylation sites is 1. The number of benzene rings is 3. The fourth-order valence-electron chi connectivity index (χ4n) is 6.18. The van der Waals surface area contributed by atoms with Crippen LogP contribution in [0.25, 0.3) is 16.6 Å². The van der Waals surface area contributed by atoms with E-state index < -0.39 is 17.3 Å². The van der Waals surface area contributed by atoms with Gasteiger partial charge in [0.25, 0.3) is 11.5 Å². The number of aryl methyl sites for hydroxylation is 1. The van der Waals surface area contributed by atoms with E-state index in [4.69, 9.17) is 0 Å². The summed E-state index contributed by atoms with van der Waals surface area (Å²) in [5, 5.41) is 0.650. The number of carbonyl (C=O) groups excluding carboxylic acids is 2. The van der Waals surface area contributed by atoms with Crippen LogP contribution in [-0.4, -0.2) is 62.6 Å². The van der Waals surface area contributed by atoms with E-state index in [1.165, 1.54) is 46.9 Å². The molecule has 1 saturated heterocycles. The molecule has 7 nitrogen and oxygen atoms in total. The Labute approximate surface area is 289 Å². The molecule has 0 saturated carbocycles. The Bertz CT molecular complexity index is 1810. The van der Waals surface area contributed by atoms with Crippen LogP contribution >= 0.6 is 11.8 Å². The van der Waals surface area contributed by atoms with Crippen molar-refractivity contribution in [2.75, 3.05) is 25.4 Å². The Balaban J connectivity index is 1.11. The van der Waals surface area contributed by atoms with Gasteiger partial charge in [0.15, 0.2) is 5.16 Å². The van der Waals surface area contributed by atoms with Crippen LogP contribution in [0, 0.1) is 0 Å². The molecule has 1 fully saturated rings. The van der Waals surface area contributed by atoms with Crippen LogP contribution in [0.1, 0.15) is 80.3 Å². The minimum absolute atomic E-state index is 0.00316. The number of fused-ring (bicyclic) bond motifs is 1. The number of alkyl halides is 3. The van der Waals surface area contributed by atoms with E-state index in [1.54, 1.807) is 24.3 Å². The molecule has 0 radical (unpaired) electrons. The molecule has 4 aromatic rings. The zero-order valence-electron chi connectivity index (χ0n) is 28.0. The van der Waals surface area contributed by atoms with Crippen molar-refractivity contribution in [3.63, 3.8) is 0 Å². The smallest absolute Gasteiger partial charge is 0.339 e. The minimum atomic E-state index is -4.54. The Morgan fingerprint density at radius 2 is 1.69 bits per heavy atom. The molecule has 1 aromatic heterocycles. The molecular formula is C38H43F3N4O3S. The molecule has 1 atom stereocenters. The number of carbonyl (C=O) groups is 2. The molecule has 1 aliphatic rings. The highest BCUT2D eigenvalue weighted by Gasteiger charge is 2.31. The van der Waals surface area contributed by atoms with E-state index in [2.05, 4.69) is 11.9 Å². The van der Waals surface area contributed by atoms with E-state index in [0.29, 0.717) is 59.9 Å². The third-order valence-corrected chi connectivity index (χ3v) is 9.98. The molecular weight excluding hydrogens is 650 g/mol. The summed E-state index contributed by atoms with van der Waals surface area (Å²) in [6.45, 7) is 5.65. The lowest BCUT2D eigenvalue weighted by atomic mass is 10.0. The van der Waals surface area contributed by atoms with E-state index in [0.717, 1.165) is 37.8 Å². The lowest BCUT2D eigenvalue weighted by molar-refractivity contribution is -0.137. The van der Waals surface area contributed by atoms with E-state index in [1.807, 2.05) is 41.0 Å². The Morgan fingerprint density at radius 3 is 2.43 bits per heavy atom. The van der Waals surface area contributed by atoms with Gasteiger partial charge in [-0.2, -0.15) is 13.2 Å². The van der Waals surface area contributed by atoms with E-state index in [9.17, 15) is 27.6 Å². The minimum Gasteiger partial charge on any atom is -0.339 e. The number of piperazine rings is 1. The number of unbranched alkanes of at least 4 members (excludes halogenated alkanes) is 4. The van der Waals surface area contributed by atoms with Gasteiger partial charge in [-0.1, -0.05) is 68.3 Å². The van der Waals surface area contributed by atoms with Crippen molar-refractivity contribution in [3.05, 3.63) is 99.8 Å². The molecule has 0 N–H and O–H groups in total. The maximum Gasteiger partial charge on any atom is 0.416 e. The van der Waals surface area contributed by atoms with Crippen molar-refractivity contribution in [1.82, 2.24) is 19.4 Å². The topological polar surface area (TPSA) is 75.5 Å². The number of aromatic nitrogens is 2. The molecule has 5 rings (SSSR count). The van der Waals surface area contributed by atoms with Crippen molar-refractivity contribution < 1.29 is 22.8 Å². The van der Waals surface area contributed by atoms with Crippen LogP contribution in [0.4, 0.5) is 13.2 Å². The first-order valence-corrected chi connectivity index (χ1v) is 18.0. The monoisotopic (exact) mass is 692 g/mol. The van der Waals surface area contributed by atoms with Gasteiger partial charge in [0.05, 0.1) is 22.2 Å². The van der Waals surface area contributed by atoms with Crippen LogP contribution in [0.3, 0.4) is 0 Å². The maximum atomic E-state index is 13.5. The van der Waals surface area contributed by atoms with E-state index >= 15 is 0 Å². The standard InChI is InChI=1S/C38H43F3N4O3S/c1-3-4-6-12-28-18-20-29(21-19-28)35(47)44-23-22-43(26-27(44)2)34(46)17-7-5-10-24-49-37-42-33-16-9-8-15-32(33)36(48)45(37)31-14-11-13-30(25-31)38(39,40)41/h8-9,11,13-16,18-21,25,27H,3-7,10,12,17,22-24,26H2,1-2H3. The van der Waals surface area contributed by atoms with Gasteiger partial charge in [-0.25, -0.2) is 4.98 Å². The van der Waals surface area contributed by atoms with Gasteiger partial charge in [0.2, 0.25) is 5.91 Å². The number of hydrogen-bond acceptors (Lipinski definition) is 5. The molecule has 0 aliphatic carbocycles. The summed E-state index contributed by atoms with van der Waals surface area (Å²) >= 11 is 1.32. The summed E-state index contributed by atoms with van der Waals surface area (Å²) in [5.41, 5.74) is 1.25. The maximum absolute atomic E-state index is 13.5. The Hall–Kier alpha value is -4.12. The lowest BCUT2D eigenvalue weighted by Gasteiger charge is -2.40. The number of thioether (sulfide) groups is 1. The largest absolute Gasteiger partial charge is 0.416 e. The summed E-state index contributed by atoms with van der Waals surface area (Å²) in [7, 11) is 0. The van der Waals surface area contributed by atoms with Gasteiger partial charge in [-0.05, 0) is 80.6 Å². The van der Waals surface area contributed by atoms with Crippen molar-refractivity contribution in [1.29, 1.82) is 0 Å². The SMILES string of the molecule is CCCCCc1ccc(C(=O)N2CCN(C(=O)CCCCCSc3nc4ccccc4c(=O)n3-c3cccc(C(F)(F)F)c3)CC2C)cc1. The second-order valence-electron chi connectivity index (χ2n) is 12.6. The van der Waals surface area contributed by atoms with Crippen LogP contribution in [0.15, 0.2) is 82.7 Å². The molecule has 2 amide bonds. The fourth-order valence-corrected chi connectivity index (χ4v) is 7.19. The normalized spacial score (nSPS) is 15.2. The van der Waals surface area contributed by atoms with Crippen LogP contribution in [-0.2, 0) is 17.4 Å². The Morgan fingerprint density at radius 1 is 0.918 bits per heavy atom. The number of rotatable bonds is 13. The zero-order valence-corrected chi connectivity index (χ0v) is 28.9.